The predicted octanol–water partition coefficient (Wildman–Crippen LogP) is 2.18. The molecule has 0 radical (unpaired) electrons. The van der Waals surface area contributed by atoms with E-state index in [4.69, 9.17) is 16.1 Å². The number of aromatic nitrogens is 1. The van der Waals surface area contributed by atoms with Gasteiger partial charge in [-0.2, -0.15) is 5.26 Å². The third kappa shape index (κ3) is 2.54. The van der Waals surface area contributed by atoms with Crippen molar-refractivity contribution in [1.29, 1.82) is 5.26 Å². The van der Waals surface area contributed by atoms with Gasteiger partial charge in [0.05, 0.1) is 29.6 Å². The number of nitriles is 1. The van der Waals surface area contributed by atoms with Gasteiger partial charge in [0.1, 0.15) is 6.07 Å². The van der Waals surface area contributed by atoms with Crippen LogP contribution in [0.4, 0.5) is 5.69 Å². The molecule has 0 aliphatic rings. The zero-order valence-electron chi connectivity index (χ0n) is 11.3. The quantitative estimate of drug-likeness (QED) is 0.806. The molecule has 2 aromatic rings. The van der Waals surface area contributed by atoms with Gasteiger partial charge in [0.2, 0.25) is 0 Å². The van der Waals surface area contributed by atoms with E-state index in [2.05, 4.69) is 20.7 Å². The average molecular weight is 364 g/mol. The Morgan fingerprint density at radius 2 is 2.14 bits per heavy atom. The summed E-state index contributed by atoms with van der Waals surface area (Å²) in [6.45, 7) is 0. The van der Waals surface area contributed by atoms with Gasteiger partial charge in [-0.25, -0.2) is 9.59 Å². The fourth-order valence-corrected chi connectivity index (χ4v) is 2.37. The molecule has 0 spiro atoms. The summed E-state index contributed by atoms with van der Waals surface area (Å²) in [4.78, 5) is 23.0. The third-order valence-corrected chi connectivity index (χ3v) is 3.67. The van der Waals surface area contributed by atoms with Crippen LogP contribution in [0.5, 0.6) is 0 Å². The van der Waals surface area contributed by atoms with E-state index in [0.29, 0.717) is 10.2 Å². The summed E-state index contributed by atoms with van der Waals surface area (Å²) >= 11 is 3.29. The summed E-state index contributed by atoms with van der Waals surface area (Å²) in [6.07, 6.45) is 1.35. The molecule has 1 aromatic carbocycles. The van der Waals surface area contributed by atoms with Gasteiger partial charge >= 0.3 is 11.9 Å². The number of anilines is 1. The maximum absolute atomic E-state index is 11.9. The van der Waals surface area contributed by atoms with Crippen LogP contribution < -0.4 is 5.73 Å². The van der Waals surface area contributed by atoms with Crippen LogP contribution >= 0.6 is 15.9 Å². The molecule has 0 aliphatic carbocycles. The van der Waals surface area contributed by atoms with Crippen LogP contribution in [0, 0.1) is 11.3 Å². The molecule has 0 saturated carbocycles. The summed E-state index contributed by atoms with van der Waals surface area (Å²) in [5.41, 5.74) is 6.21. The molecule has 0 amide bonds. The van der Waals surface area contributed by atoms with Gasteiger partial charge in [0, 0.05) is 10.7 Å². The number of nitrogens with zero attached hydrogens (tertiary/aromatic N) is 2. The van der Waals surface area contributed by atoms with Crippen LogP contribution in [-0.4, -0.2) is 28.7 Å². The van der Waals surface area contributed by atoms with Crippen molar-refractivity contribution in [2.45, 2.75) is 0 Å². The molecule has 8 heteroatoms. The van der Waals surface area contributed by atoms with Crippen LogP contribution in [0.25, 0.3) is 5.69 Å². The molecular weight excluding hydrogens is 354 g/mol. The fraction of sp³-hybridized carbons (Fsp3) is 0.0714. The lowest BCUT2D eigenvalue weighted by Gasteiger charge is -2.11. The number of nitrogens with two attached hydrogens (primary N) is 1. The number of hydrogen-bond donors (Lipinski definition) is 2. The highest BCUT2D eigenvalue weighted by Gasteiger charge is 2.23. The van der Waals surface area contributed by atoms with Crippen LogP contribution in [-0.2, 0) is 4.74 Å². The zero-order chi connectivity index (χ0) is 16.4. The number of ether oxygens (including phenoxy) is 1. The van der Waals surface area contributed by atoms with E-state index in [1.165, 1.54) is 36.1 Å². The largest absolute Gasteiger partial charge is 0.478 e. The maximum Gasteiger partial charge on any atom is 0.357 e. The number of methoxy groups -OCH3 is 1. The summed E-state index contributed by atoms with van der Waals surface area (Å²) in [7, 11) is 1.19. The number of carbonyl (C=O) groups excluding carboxylic acids is 1. The number of rotatable bonds is 3. The van der Waals surface area contributed by atoms with Crippen molar-refractivity contribution < 1.29 is 19.4 Å². The van der Waals surface area contributed by atoms with Gasteiger partial charge in [0.25, 0.3) is 0 Å². The Morgan fingerprint density at radius 3 is 2.68 bits per heavy atom. The molecule has 22 heavy (non-hydrogen) atoms. The third-order valence-electron chi connectivity index (χ3n) is 3.00. The maximum atomic E-state index is 11.9. The first-order chi connectivity index (χ1) is 10.4. The highest BCUT2D eigenvalue weighted by Crippen LogP contribution is 2.29. The molecular formula is C14H10BrN3O4. The summed E-state index contributed by atoms with van der Waals surface area (Å²) < 4.78 is 6.53. The SMILES string of the molecule is COC(=O)c1c(N)c(C#N)cn1-c1cc(C(=O)O)ccc1Br. The smallest absolute Gasteiger partial charge is 0.357 e. The van der Waals surface area contributed by atoms with Gasteiger partial charge in [-0.05, 0) is 34.1 Å². The molecule has 3 N–H and O–H groups in total. The number of benzene rings is 1. The van der Waals surface area contributed by atoms with Crippen LogP contribution in [0.2, 0.25) is 0 Å². The van der Waals surface area contributed by atoms with Gasteiger partial charge < -0.3 is 20.1 Å². The first kappa shape index (κ1) is 15.6. The van der Waals surface area contributed by atoms with E-state index >= 15 is 0 Å². The van der Waals surface area contributed by atoms with Crippen molar-refractivity contribution in [1.82, 2.24) is 4.57 Å². The highest BCUT2D eigenvalue weighted by atomic mass is 79.9. The van der Waals surface area contributed by atoms with Crippen LogP contribution in [0.1, 0.15) is 26.4 Å². The molecule has 0 unspecified atom stereocenters. The Labute approximate surface area is 133 Å². The van der Waals surface area contributed by atoms with Gasteiger partial charge in [-0.15, -0.1) is 0 Å². The van der Waals surface area contributed by atoms with Gasteiger partial charge in [-0.1, -0.05) is 0 Å². The second kappa shape index (κ2) is 5.91. The van der Waals surface area contributed by atoms with Crippen molar-refractivity contribution in [2.75, 3.05) is 12.8 Å². The number of nitrogen functional groups attached to an aromatic ring is 1. The second-order valence-corrected chi connectivity index (χ2v) is 5.10. The number of carbonyl (C=O) groups is 2. The molecule has 2 rings (SSSR count). The minimum absolute atomic E-state index is 0.0259. The molecule has 1 heterocycles. The Balaban J connectivity index is 2.78. The number of halogens is 1. The van der Waals surface area contributed by atoms with E-state index in [0.717, 1.165) is 0 Å². The molecule has 0 aliphatic heterocycles. The number of carboxylic acid groups (broad SMARTS) is 1. The van der Waals surface area contributed by atoms with Gasteiger partial charge in [0.15, 0.2) is 5.69 Å². The van der Waals surface area contributed by atoms with Crippen molar-refractivity contribution >= 4 is 33.6 Å². The Bertz CT molecular complexity index is 820. The van der Waals surface area contributed by atoms with E-state index in [-0.39, 0.29) is 22.5 Å². The molecule has 0 saturated heterocycles. The standard InChI is InChI=1S/C14H10BrN3O4/c1-22-14(21)12-11(17)8(5-16)6-18(12)10-4-7(13(19)20)2-3-9(10)15/h2-4,6H,17H2,1H3,(H,19,20). The average Bonchev–Trinajstić information content (AvgIpc) is 2.83. The minimum atomic E-state index is -1.12. The predicted molar refractivity (Wildman–Crippen MR) is 80.9 cm³/mol. The van der Waals surface area contributed by atoms with Crippen molar-refractivity contribution in [3.05, 3.63) is 45.7 Å². The molecule has 1 aromatic heterocycles. The van der Waals surface area contributed by atoms with Crippen molar-refractivity contribution in [3.63, 3.8) is 0 Å². The Hall–Kier alpha value is -2.79. The number of carboxylic acids is 1. The lowest BCUT2D eigenvalue weighted by atomic mass is 10.2. The molecule has 0 bridgehead atoms. The fourth-order valence-electron chi connectivity index (χ4n) is 1.93. The van der Waals surface area contributed by atoms with E-state index in [9.17, 15) is 9.59 Å². The minimum Gasteiger partial charge on any atom is -0.478 e. The topological polar surface area (TPSA) is 118 Å². The Kier molecular flexibility index (Phi) is 4.19. The van der Waals surface area contributed by atoms with Crippen LogP contribution in [0.3, 0.4) is 0 Å². The molecule has 112 valence electrons. The number of esters is 1. The lowest BCUT2D eigenvalue weighted by Crippen LogP contribution is -2.12. The van der Waals surface area contributed by atoms with E-state index < -0.39 is 11.9 Å². The second-order valence-electron chi connectivity index (χ2n) is 4.25. The first-order valence-corrected chi connectivity index (χ1v) is 6.72. The van der Waals surface area contributed by atoms with Crippen molar-refractivity contribution in [2.24, 2.45) is 0 Å². The summed E-state index contributed by atoms with van der Waals surface area (Å²) in [6, 6.07) is 6.18. The highest BCUT2D eigenvalue weighted by molar-refractivity contribution is 9.10. The summed E-state index contributed by atoms with van der Waals surface area (Å²) in [5, 5.41) is 18.2. The van der Waals surface area contributed by atoms with Crippen molar-refractivity contribution in [3.8, 4) is 11.8 Å². The van der Waals surface area contributed by atoms with Gasteiger partial charge in [-0.3, -0.25) is 0 Å². The molecule has 0 fully saturated rings. The van der Waals surface area contributed by atoms with Crippen LogP contribution in [0.15, 0.2) is 28.9 Å². The summed E-state index contributed by atoms with van der Waals surface area (Å²) in [5.74, 6) is -1.85. The van der Waals surface area contributed by atoms with E-state index in [1.807, 2.05) is 6.07 Å². The van der Waals surface area contributed by atoms with E-state index in [1.54, 1.807) is 0 Å². The first-order valence-electron chi connectivity index (χ1n) is 5.93. The zero-order valence-corrected chi connectivity index (χ0v) is 12.9. The Morgan fingerprint density at radius 1 is 1.45 bits per heavy atom. The monoisotopic (exact) mass is 363 g/mol. The lowest BCUT2D eigenvalue weighted by molar-refractivity contribution is 0.0592. The number of aromatic carboxylic acids is 1. The number of hydrogen-bond acceptors (Lipinski definition) is 5. The molecule has 7 nitrogen and oxygen atoms in total. The normalized spacial score (nSPS) is 10.0. The molecule has 0 atom stereocenters.